The Kier molecular flexibility index (Phi) is 5.38. The summed E-state index contributed by atoms with van der Waals surface area (Å²) in [5, 5.41) is 3.01. The van der Waals surface area contributed by atoms with E-state index in [9.17, 15) is 4.79 Å². The second kappa shape index (κ2) is 8.08. The number of fused-ring (bicyclic) bond motifs is 1. The second-order valence-electron chi connectivity index (χ2n) is 6.74. The third-order valence-electron chi connectivity index (χ3n) is 4.98. The lowest BCUT2D eigenvalue weighted by Gasteiger charge is -2.18. The van der Waals surface area contributed by atoms with E-state index in [-0.39, 0.29) is 30.3 Å². The third-order valence-corrected chi connectivity index (χ3v) is 4.98. The van der Waals surface area contributed by atoms with Crippen LogP contribution in [0, 0.1) is 0 Å². The topological polar surface area (TPSA) is 66.0 Å². The highest BCUT2D eigenvalue weighted by molar-refractivity contribution is 5.94. The molecule has 2 aliphatic rings. The van der Waals surface area contributed by atoms with E-state index in [2.05, 4.69) is 5.32 Å². The zero-order chi connectivity index (χ0) is 18.6. The molecule has 0 saturated carbocycles. The predicted molar refractivity (Wildman–Crippen MR) is 98.7 cm³/mol. The van der Waals surface area contributed by atoms with Crippen LogP contribution >= 0.6 is 0 Å². The molecule has 4 atom stereocenters. The van der Waals surface area contributed by atoms with Crippen LogP contribution in [-0.2, 0) is 20.8 Å². The fourth-order valence-corrected chi connectivity index (χ4v) is 3.50. The van der Waals surface area contributed by atoms with Gasteiger partial charge in [0.25, 0.3) is 5.91 Å². The summed E-state index contributed by atoms with van der Waals surface area (Å²) in [6.07, 6.45) is -0.471. The summed E-state index contributed by atoms with van der Waals surface area (Å²) in [6.45, 7) is 1.41. The van der Waals surface area contributed by atoms with Gasteiger partial charge in [0.15, 0.2) is 0 Å². The number of amides is 1. The van der Waals surface area contributed by atoms with Gasteiger partial charge in [-0.3, -0.25) is 4.79 Å². The average Bonchev–Trinajstić information content (AvgIpc) is 3.30. The van der Waals surface area contributed by atoms with Gasteiger partial charge in [-0.1, -0.05) is 30.3 Å². The molecule has 0 aromatic heterocycles. The molecule has 2 heterocycles. The Morgan fingerprint density at radius 1 is 1.04 bits per heavy atom. The standard InChI is InChI=1S/C21H23NO5/c1-24-16-9-7-15(8-10-16)21(23)22-17-12-26-20-18(13-27-19(17)20)25-11-14-5-3-2-4-6-14/h2-10,17-20H,11-13H2,1H3,(H,22,23). The molecule has 1 N–H and O–H groups in total. The molecule has 2 aromatic carbocycles. The SMILES string of the molecule is COc1ccc(C(=O)NC2COC3C(OCc4ccccc4)COC23)cc1. The van der Waals surface area contributed by atoms with Crippen LogP contribution in [0.25, 0.3) is 0 Å². The van der Waals surface area contributed by atoms with Gasteiger partial charge in [0.05, 0.1) is 33.0 Å². The number of hydrogen-bond donors (Lipinski definition) is 1. The predicted octanol–water partition coefficient (Wildman–Crippen LogP) is 2.18. The van der Waals surface area contributed by atoms with Crippen molar-refractivity contribution in [2.75, 3.05) is 20.3 Å². The Morgan fingerprint density at radius 3 is 2.52 bits per heavy atom. The number of methoxy groups -OCH3 is 1. The molecule has 2 aromatic rings. The van der Waals surface area contributed by atoms with Crippen LogP contribution in [0.3, 0.4) is 0 Å². The second-order valence-corrected chi connectivity index (χ2v) is 6.74. The first-order chi connectivity index (χ1) is 13.2. The maximum Gasteiger partial charge on any atom is 0.251 e. The summed E-state index contributed by atoms with van der Waals surface area (Å²) in [5.74, 6) is 0.567. The van der Waals surface area contributed by atoms with Crippen LogP contribution in [0.4, 0.5) is 0 Å². The highest BCUT2D eigenvalue weighted by atomic mass is 16.6. The first kappa shape index (κ1) is 18.0. The summed E-state index contributed by atoms with van der Waals surface area (Å²) in [5.41, 5.74) is 1.69. The first-order valence-electron chi connectivity index (χ1n) is 9.08. The van der Waals surface area contributed by atoms with E-state index in [0.717, 1.165) is 5.56 Å². The summed E-state index contributed by atoms with van der Waals surface area (Å²) < 4.78 is 22.9. The number of carbonyl (C=O) groups excluding carboxylic acids is 1. The molecule has 4 unspecified atom stereocenters. The monoisotopic (exact) mass is 369 g/mol. The highest BCUT2D eigenvalue weighted by Crippen LogP contribution is 2.29. The maximum atomic E-state index is 12.5. The van der Waals surface area contributed by atoms with Gasteiger partial charge >= 0.3 is 0 Å². The van der Waals surface area contributed by atoms with Crippen LogP contribution in [0.1, 0.15) is 15.9 Å². The van der Waals surface area contributed by atoms with Crippen LogP contribution in [-0.4, -0.2) is 50.6 Å². The molecule has 2 aliphatic heterocycles. The molecule has 6 heteroatoms. The van der Waals surface area contributed by atoms with Crippen LogP contribution in [0.15, 0.2) is 54.6 Å². The zero-order valence-electron chi connectivity index (χ0n) is 15.2. The van der Waals surface area contributed by atoms with Crippen molar-refractivity contribution in [3.05, 3.63) is 65.7 Å². The van der Waals surface area contributed by atoms with E-state index in [0.29, 0.717) is 31.1 Å². The normalized spacial score (nSPS) is 26.6. The molecule has 27 heavy (non-hydrogen) atoms. The molecule has 6 nitrogen and oxygen atoms in total. The number of ether oxygens (including phenoxy) is 4. The van der Waals surface area contributed by atoms with Crippen molar-refractivity contribution >= 4 is 5.91 Å². The molecule has 1 amide bonds. The zero-order valence-corrected chi connectivity index (χ0v) is 15.2. The molecule has 142 valence electrons. The fraction of sp³-hybridized carbons (Fsp3) is 0.381. The van der Waals surface area contributed by atoms with E-state index < -0.39 is 0 Å². The number of carbonyl (C=O) groups is 1. The molecule has 0 radical (unpaired) electrons. The minimum Gasteiger partial charge on any atom is -0.497 e. The van der Waals surface area contributed by atoms with Crippen molar-refractivity contribution in [3.63, 3.8) is 0 Å². The average molecular weight is 369 g/mol. The van der Waals surface area contributed by atoms with E-state index in [1.54, 1.807) is 31.4 Å². The first-order valence-corrected chi connectivity index (χ1v) is 9.08. The van der Waals surface area contributed by atoms with Gasteiger partial charge in [0.2, 0.25) is 0 Å². The molecule has 4 rings (SSSR count). The summed E-state index contributed by atoms with van der Waals surface area (Å²) >= 11 is 0. The van der Waals surface area contributed by atoms with Gasteiger partial charge < -0.3 is 24.3 Å². The number of nitrogens with one attached hydrogen (secondary N) is 1. The molecule has 2 saturated heterocycles. The lowest BCUT2D eigenvalue weighted by Crippen LogP contribution is -2.44. The molecule has 2 fully saturated rings. The summed E-state index contributed by atoms with van der Waals surface area (Å²) in [4.78, 5) is 12.5. The number of rotatable bonds is 6. The maximum absolute atomic E-state index is 12.5. The third kappa shape index (κ3) is 3.98. The Hall–Kier alpha value is -2.41. The molecule has 0 bridgehead atoms. The van der Waals surface area contributed by atoms with Gasteiger partial charge in [-0.25, -0.2) is 0 Å². The summed E-state index contributed by atoms with van der Waals surface area (Å²) in [7, 11) is 1.60. The molecule has 0 aliphatic carbocycles. The Balaban J connectivity index is 1.32. The minimum atomic E-state index is -0.187. The Bertz CT molecular complexity index is 764. The van der Waals surface area contributed by atoms with Gasteiger partial charge in [-0.15, -0.1) is 0 Å². The van der Waals surface area contributed by atoms with E-state index in [4.69, 9.17) is 18.9 Å². The van der Waals surface area contributed by atoms with Crippen molar-refractivity contribution in [2.24, 2.45) is 0 Å². The molecule has 0 spiro atoms. The van der Waals surface area contributed by atoms with Crippen molar-refractivity contribution in [1.82, 2.24) is 5.32 Å². The Morgan fingerprint density at radius 2 is 1.78 bits per heavy atom. The van der Waals surface area contributed by atoms with Crippen LogP contribution < -0.4 is 10.1 Å². The lowest BCUT2D eigenvalue weighted by atomic mass is 10.1. The summed E-state index contributed by atoms with van der Waals surface area (Å²) in [6, 6.07) is 16.8. The largest absolute Gasteiger partial charge is 0.497 e. The van der Waals surface area contributed by atoms with Crippen molar-refractivity contribution < 1.29 is 23.7 Å². The fourth-order valence-electron chi connectivity index (χ4n) is 3.50. The van der Waals surface area contributed by atoms with Gasteiger partial charge in [0, 0.05) is 5.56 Å². The van der Waals surface area contributed by atoms with E-state index >= 15 is 0 Å². The number of hydrogen-bond acceptors (Lipinski definition) is 5. The van der Waals surface area contributed by atoms with E-state index in [1.807, 2.05) is 30.3 Å². The number of benzene rings is 2. The van der Waals surface area contributed by atoms with Crippen LogP contribution in [0.5, 0.6) is 5.75 Å². The smallest absolute Gasteiger partial charge is 0.251 e. The van der Waals surface area contributed by atoms with Gasteiger partial charge in [-0.05, 0) is 29.8 Å². The van der Waals surface area contributed by atoms with Crippen molar-refractivity contribution in [1.29, 1.82) is 0 Å². The lowest BCUT2D eigenvalue weighted by molar-refractivity contribution is -0.0392. The molecular formula is C21H23NO5. The van der Waals surface area contributed by atoms with Gasteiger partial charge in [0.1, 0.15) is 24.1 Å². The van der Waals surface area contributed by atoms with Crippen LogP contribution in [0.2, 0.25) is 0 Å². The quantitative estimate of drug-likeness (QED) is 0.845. The minimum absolute atomic E-state index is 0.127. The molecular weight excluding hydrogens is 346 g/mol. The van der Waals surface area contributed by atoms with Crippen molar-refractivity contribution in [2.45, 2.75) is 31.0 Å². The Labute approximate surface area is 158 Å². The highest BCUT2D eigenvalue weighted by Gasteiger charge is 2.48. The van der Waals surface area contributed by atoms with Crippen molar-refractivity contribution in [3.8, 4) is 5.75 Å². The van der Waals surface area contributed by atoms with E-state index in [1.165, 1.54) is 0 Å². The van der Waals surface area contributed by atoms with Gasteiger partial charge in [-0.2, -0.15) is 0 Å².